The summed E-state index contributed by atoms with van der Waals surface area (Å²) in [6.07, 6.45) is 0. The number of halogens is 1. The summed E-state index contributed by atoms with van der Waals surface area (Å²) in [4.78, 5) is 0.206. The molecule has 1 atom stereocenters. The second-order valence-electron chi connectivity index (χ2n) is 4.58. The minimum absolute atomic E-state index is 0.206. The SMILES string of the molecule is Cc1ccc(S(=O)(=O)[C@H](CO)c2ccc(Cl)cc2)cc1. The highest BCUT2D eigenvalue weighted by Crippen LogP contribution is 2.29. The highest BCUT2D eigenvalue weighted by Gasteiger charge is 2.28. The lowest BCUT2D eigenvalue weighted by Crippen LogP contribution is -2.17. The average molecular weight is 311 g/mol. The molecular weight excluding hydrogens is 296 g/mol. The van der Waals surface area contributed by atoms with E-state index in [1.165, 1.54) is 0 Å². The molecule has 0 aliphatic rings. The molecule has 106 valence electrons. The van der Waals surface area contributed by atoms with E-state index in [2.05, 4.69) is 0 Å². The number of sulfone groups is 1. The van der Waals surface area contributed by atoms with Crippen LogP contribution in [0.5, 0.6) is 0 Å². The van der Waals surface area contributed by atoms with Crippen molar-refractivity contribution in [1.29, 1.82) is 0 Å². The van der Waals surface area contributed by atoms with Crippen LogP contribution in [0.3, 0.4) is 0 Å². The predicted molar refractivity (Wildman–Crippen MR) is 79.6 cm³/mol. The van der Waals surface area contributed by atoms with Crippen molar-refractivity contribution in [3.05, 3.63) is 64.7 Å². The molecule has 0 aliphatic carbocycles. The average Bonchev–Trinajstić information content (AvgIpc) is 2.42. The Labute approximate surface area is 123 Å². The lowest BCUT2D eigenvalue weighted by molar-refractivity contribution is 0.291. The zero-order chi connectivity index (χ0) is 14.8. The maximum absolute atomic E-state index is 12.6. The molecule has 0 unspecified atom stereocenters. The predicted octanol–water partition coefficient (Wildman–Crippen LogP) is 3.16. The van der Waals surface area contributed by atoms with E-state index >= 15 is 0 Å². The third-order valence-corrected chi connectivity index (χ3v) is 5.48. The molecule has 0 saturated heterocycles. The lowest BCUT2D eigenvalue weighted by Gasteiger charge is -2.16. The molecule has 0 fully saturated rings. The zero-order valence-corrected chi connectivity index (χ0v) is 12.5. The van der Waals surface area contributed by atoms with E-state index < -0.39 is 21.7 Å². The molecule has 0 radical (unpaired) electrons. The van der Waals surface area contributed by atoms with Gasteiger partial charge in [0, 0.05) is 5.02 Å². The Morgan fingerprint density at radius 3 is 2.10 bits per heavy atom. The molecular formula is C15H15ClO3S. The molecule has 2 aromatic rings. The van der Waals surface area contributed by atoms with Crippen molar-refractivity contribution >= 4 is 21.4 Å². The van der Waals surface area contributed by atoms with Crippen LogP contribution in [0.15, 0.2) is 53.4 Å². The molecule has 0 aromatic heterocycles. The first-order valence-corrected chi connectivity index (χ1v) is 8.04. The van der Waals surface area contributed by atoms with Gasteiger partial charge in [-0.25, -0.2) is 8.42 Å². The normalized spacial score (nSPS) is 13.2. The molecule has 0 bridgehead atoms. The molecule has 0 amide bonds. The summed E-state index contributed by atoms with van der Waals surface area (Å²) in [6, 6.07) is 13.1. The number of aliphatic hydroxyl groups is 1. The van der Waals surface area contributed by atoms with Crippen molar-refractivity contribution in [3.63, 3.8) is 0 Å². The van der Waals surface area contributed by atoms with Gasteiger partial charge in [0.25, 0.3) is 0 Å². The minimum Gasteiger partial charge on any atom is -0.395 e. The van der Waals surface area contributed by atoms with Gasteiger partial charge in [-0.2, -0.15) is 0 Å². The number of rotatable bonds is 4. The molecule has 2 aromatic carbocycles. The molecule has 1 N–H and O–H groups in total. The van der Waals surface area contributed by atoms with E-state index in [9.17, 15) is 13.5 Å². The fraction of sp³-hybridized carbons (Fsp3) is 0.200. The summed E-state index contributed by atoms with van der Waals surface area (Å²) >= 11 is 5.80. The molecule has 5 heteroatoms. The Morgan fingerprint density at radius 1 is 1.05 bits per heavy atom. The van der Waals surface area contributed by atoms with Crippen molar-refractivity contribution in [1.82, 2.24) is 0 Å². The summed E-state index contributed by atoms with van der Waals surface area (Å²) in [5.41, 5.74) is 1.51. The van der Waals surface area contributed by atoms with Crippen molar-refractivity contribution in [2.45, 2.75) is 17.1 Å². The van der Waals surface area contributed by atoms with Gasteiger partial charge in [-0.3, -0.25) is 0 Å². The summed E-state index contributed by atoms with van der Waals surface area (Å²) in [5.74, 6) is 0. The molecule has 0 heterocycles. The van der Waals surface area contributed by atoms with E-state index in [-0.39, 0.29) is 4.90 Å². The highest BCUT2D eigenvalue weighted by molar-refractivity contribution is 7.91. The van der Waals surface area contributed by atoms with Crippen molar-refractivity contribution in [2.75, 3.05) is 6.61 Å². The first-order chi connectivity index (χ1) is 9.45. The van der Waals surface area contributed by atoms with Gasteiger partial charge in [-0.05, 0) is 36.8 Å². The molecule has 20 heavy (non-hydrogen) atoms. The van der Waals surface area contributed by atoms with Crippen LogP contribution < -0.4 is 0 Å². The van der Waals surface area contributed by atoms with Gasteiger partial charge in [0.05, 0.1) is 11.5 Å². The minimum atomic E-state index is -3.63. The number of hydrogen-bond acceptors (Lipinski definition) is 3. The van der Waals surface area contributed by atoms with Gasteiger partial charge >= 0.3 is 0 Å². The first-order valence-electron chi connectivity index (χ1n) is 6.12. The van der Waals surface area contributed by atoms with Crippen molar-refractivity contribution < 1.29 is 13.5 Å². The number of aryl methyl sites for hydroxylation is 1. The number of hydrogen-bond donors (Lipinski definition) is 1. The standard InChI is InChI=1S/C15H15ClO3S/c1-11-2-8-14(9-3-11)20(18,19)15(10-17)12-4-6-13(16)7-5-12/h2-9,15,17H,10H2,1H3/t15-/m1/s1. The third-order valence-electron chi connectivity index (χ3n) is 3.13. The Kier molecular flexibility index (Phi) is 4.48. The van der Waals surface area contributed by atoms with Gasteiger partial charge in [0.15, 0.2) is 9.84 Å². The van der Waals surface area contributed by atoms with Crippen molar-refractivity contribution in [3.8, 4) is 0 Å². The number of benzene rings is 2. The zero-order valence-electron chi connectivity index (χ0n) is 11.0. The van der Waals surface area contributed by atoms with Crippen LogP contribution in [0.1, 0.15) is 16.4 Å². The van der Waals surface area contributed by atoms with Crippen LogP contribution in [0.4, 0.5) is 0 Å². The van der Waals surface area contributed by atoms with E-state index in [0.29, 0.717) is 10.6 Å². The summed E-state index contributed by atoms with van der Waals surface area (Å²) in [7, 11) is -3.63. The highest BCUT2D eigenvalue weighted by atomic mass is 35.5. The van der Waals surface area contributed by atoms with Crippen LogP contribution in [-0.4, -0.2) is 20.1 Å². The van der Waals surface area contributed by atoms with Gasteiger partial charge < -0.3 is 5.11 Å². The van der Waals surface area contributed by atoms with E-state index in [0.717, 1.165) is 5.56 Å². The smallest absolute Gasteiger partial charge is 0.187 e. The van der Waals surface area contributed by atoms with Crippen LogP contribution >= 0.6 is 11.6 Å². The number of aliphatic hydroxyl groups excluding tert-OH is 1. The molecule has 2 rings (SSSR count). The fourth-order valence-electron chi connectivity index (χ4n) is 1.95. The van der Waals surface area contributed by atoms with Gasteiger partial charge in [0.2, 0.25) is 0 Å². The summed E-state index contributed by atoms with van der Waals surface area (Å²) in [6.45, 7) is 1.41. The second kappa shape index (κ2) is 5.95. The molecule has 0 saturated carbocycles. The summed E-state index contributed by atoms with van der Waals surface area (Å²) in [5, 5.41) is 9.03. The lowest BCUT2D eigenvalue weighted by atomic mass is 10.1. The molecule has 0 spiro atoms. The van der Waals surface area contributed by atoms with Gasteiger partial charge in [-0.1, -0.05) is 41.4 Å². The van der Waals surface area contributed by atoms with Crippen LogP contribution in [0.25, 0.3) is 0 Å². The van der Waals surface area contributed by atoms with Crippen LogP contribution in [0, 0.1) is 6.92 Å². The quantitative estimate of drug-likeness (QED) is 0.943. The Bertz CT molecular complexity index is 676. The largest absolute Gasteiger partial charge is 0.395 e. The molecule has 0 aliphatic heterocycles. The maximum atomic E-state index is 12.6. The van der Waals surface area contributed by atoms with Crippen molar-refractivity contribution in [2.24, 2.45) is 0 Å². The van der Waals surface area contributed by atoms with E-state index in [4.69, 9.17) is 11.6 Å². The fourth-order valence-corrected chi connectivity index (χ4v) is 3.63. The second-order valence-corrected chi connectivity index (χ2v) is 7.15. The summed E-state index contributed by atoms with van der Waals surface area (Å²) < 4.78 is 25.1. The first kappa shape index (κ1) is 15.0. The molecule has 3 nitrogen and oxygen atoms in total. The monoisotopic (exact) mass is 310 g/mol. The van der Waals surface area contributed by atoms with Crippen LogP contribution in [0.2, 0.25) is 5.02 Å². The van der Waals surface area contributed by atoms with Crippen LogP contribution in [-0.2, 0) is 9.84 Å². The third kappa shape index (κ3) is 3.03. The Balaban J connectivity index is 2.44. The Morgan fingerprint density at radius 2 is 1.60 bits per heavy atom. The Hall–Kier alpha value is -1.36. The topological polar surface area (TPSA) is 54.4 Å². The van der Waals surface area contributed by atoms with Gasteiger partial charge in [0.1, 0.15) is 5.25 Å². The van der Waals surface area contributed by atoms with E-state index in [1.807, 2.05) is 6.92 Å². The maximum Gasteiger partial charge on any atom is 0.187 e. The van der Waals surface area contributed by atoms with E-state index in [1.54, 1.807) is 48.5 Å². The van der Waals surface area contributed by atoms with Gasteiger partial charge in [-0.15, -0.1) is 0 Å².